The van der Waals surface area contributed by atoms with Crippen LogP contribution in [0, 0.1) is 0 Å². The maximum absolute atomic E-state index is 14.6. The average Bonchev–Trinajstić information content (AvgIpc) is 3.28. The Morgan fingerprint density at radius 2 is 0.968 bits per heavy atom. The van der Waals surface area contributed by atoms with Gasteiger partial charge in [-0.1, -0.05) is 201 Å². The topological polar surface area (TPSA) is 91.4 Å². The second-order valence-electron chi connectivity index (χ2n) is 18.2. The fourth-order valence-corrected chi connectivity index (χ4v) is 8.10. The van der Waals surface area contributed by atoms with Crippen molar-refractivity contribution in [2.45, 2.75) is 278 Å². The number of hydrogen-bond acceptors (Lipinski definition) is 8. The summed E-state index contributed by atoms with van der Waals surface area (Å²) in [6.07, 6.45) is 44.0. The van der Waals surface area contributed by atoms with E-state index in [1.165, 1.54) is 96.3 Å². The van der Waals surface area contributed by atoms with Crippen molar-refractivity contribution in [1.29, 1.82) is 0 Å². The zero-order chi connectivity index (χ0) is 46.3. The summed E-state index contributed by atoms with van der Waals surface area (Å²) in [5, 5.41) is 0. The Kier molecular flexibility index (Phi) is 44.5. The molecule has 0 aromatic carbocycles. The van der Waals surface area contributed by atoms with E-state index in [1.54, 1.807) is 0 Å². The van der Waals surface area contributed by atoms with E-state index in [2.05, 4.69) is 70.7 Å². The van der Waals surface area contributed by atoms with Crippen LogP contribution in [0.25, 0.3) is 0 Å². The Balaban J connectivity index is 5.89. The molecule has 0 spiro atoms. The molecule has 0 rings (SSSR count). The van der Waals surface area contributed by atoms with Gasteiger partial charge in [-0.15, -0.1) is 0 Å². The van der Waals surface area contributed by atoms with Crippen molar-refractivity contribution in [3.05, 3.63) is 24.3 Å². The van der Waals surface area contributed by atoms with E-state index < -0.39 is 30.3 Å². The number of rotatable bonds is 47. The first-order valence-corrected chi connectivity index (χ1v) is 27.1. The Morgan fingerprint density at radius 1 is 0.508 bits per heavy atom. The molecule has 0 amide bonds. The summed E-state index contributed by atoms with van der Waals surface area (Å²) >= 11 is 0. The van der Waals surface area contributed by atoms with Crippen LogP contribution in [0.15, 0.2) is 24.3 Å². The van der Waals surface area contributed by atoms with E-state index in [0.29, 0.717) is 19.3 Å². The van der Waals surface area contributed by atoms with E-state index in [1.807, 2.05) is 0 Å². The lowest BCUT2D eigenvalue weighted by Crippen LogP contribution is -2.50. The van der Waals surface area contributed by atoms with Crippen molar-refractivity contribution >= 4 is 18.1 Å². The van der Waals surface area contributed by atoms with Crippen LogP contribution in [0.5, 0.6) is 0 Å². The number of nitrogens with zero attached hydrogens (tertiary/aromatic N) is 1. The first-order valence-electron chi connectivity index (χ1n) is 27.1. The van der Waals surface area contributed by atoms with Gasteiger partial charge in [0.15, 0.2) is 0 Å². The lowest BCUT2D eigenvalue weighted by molar-refractivity contribution is -0.194. The maximum Gasteiger partial charge on any atom is 0.508 e. The molecule has 63 heavy (non-hydrogen) atoms. The number of esters is 2. The molecular weight excluding hydrogens is 787 g/mol. The van der Waals surface area contributed by atoms with Gasteiger partial charge in [-0.25, -0.2) is 9.59 Å². The smallest absolute Gasteiger partial charge is 0.459 e. The van der Waals surface area contributed by atoms with Gasteiger partial charge in [-0.2, -0.15) is 0 Å². The molecule has 0 aromatic rings. The minimum absolute atomic E-state index is 0.214. The van der Waals surface area contributed by atoms with Gasteiger partial charge in [-0.05, 0) is 90.1 Å². The molecule has 0 fully saturated rings. The highest BCUT2D eigenvalue weighted by Crippen LogP contribution is 2.28. The molecule has 1 atom stereocenters. The Morgan fingerprint density at radius 3 is 1.51 bits per heavy atom. The van der Waals surface area contributed by atoms with Crippen molar-refractivity contribution in [3.8, 4) is 0 Å². The van der Waals surface area contributed by atoms with E-state index >= 15 is 0 Å². The van der Waals surface area contributed by atoms with Gasteiger partial charge in [0.25, 0.3) is 0 Å². The lowest BCUT2D eigenvalue weighted by Gasteiger charge is -2.32. The van der Waals surface area contributed by atoms with Crippen molar-refractivity contribution in [1.82, 2.24) is 4.90 Å². The quantitative estimate of drug-likeness (QED) is 0.0258. The predicted molar refractivity (Wildman–Crippen MR) is 266 cm³/mol. The first-order chi connectivity index (χ1) is 30.8. The van der Waals surface area contributed by atoms with Crippen LogP contribution in [0.2, 0.25) is 0 Å². The normalized spacial score (nSPS) is 12.8. The monoisotopic (exact) mass is 890 g/mol. The third-order valence-electron chi connectivity index (χ3n) is 12.4. The van der Waals surface area contributed by atoms with Crippen LogP contribution in [0.4, 0.5) is 4.79 Å². The predicted octanol–water partition coefficient (Wildman–Crippen LogP) is 16.5. The van der Waals surface area contributed by atoms with Gasteiger partial charge in [-0.3, -0.25) is 4.79 Å². The molecule has 0 saturated heterocycles. The molecule has 0 aliphatic heterocycles. The summed E-state index contributed by atoms with van der Waals surface area (Å²) < 4.78 is 23.9. The standard InChI is InChI=1S/C55H103NO7/c1-7-13-17-21-25-26-27-28-29-30-31-32-33-37-41-46-52(57)63-55(47-42-38-34-22-18-14-8-2,50-61-54(59)60-49-43-48-56(11-5)12-6)53(58)62-51(44-39-35-23-19-15-9-3)45-40-36-24-20-16-10-4/h25-26,28-29,51H,7-24,27,30-50H2,1-6H3/b26-25-,29-28-. The summed E-state index contributed by atoms with van der Waals surface area (Å²) in [5.41, 5.74) is -1.71. The van der Waals surface area contributed by atoms with E-state index in [-0.39, 0.29) is 25.6 Å². The Hall–Kier alpha value is -2.35. The minimum Gasteiger partial charge on any atom is -0.459 e. The van der Waals surface area contributed by atoms with E-state index in [9.17, 15) is 14.4 Å². The summed E-state index contributed by atoms with van der Waals surface area (Å²) in [6.45, 7) is 15.7. The zero-order valence-electron chi connectivity index (χ0n) is 42.5. The molecule has 0 N–H and O–H groups in total. The second kappa shape index (κ2) is 46.2. The molecule has 370 valence electrons. The van der Waals surface area contributed by atoms with Crippen LogP contribution >= 0.6 is 0 Å². The average molecular weight is 890 g/mol. The molecule has 8 heteroatoms. The van der Waals surface area contributed by atoms with Gasteiger partial charge in [0.2, 0.25) is 5.60 Å². The fourth-order valence-electron chi connectivity index (χ4n) is 8.10. The second-order valence-corrected chi connectivity index (χ2v) is 18.2. The van der Waals surface area contributed by atoms with Crippen molar-refractivity contribution < 1.29 is 33.3 Å². The number of carbonyl (C=O) groups is 3. The van der Waals surface area contributed by atoms with Gasteiger partial charge < -0.3 is 23.8 Å². The number of hydrogen-bond donors (Lipinski definition) is 0. The minimum atomic E-state index is -1.71. The SMILES string of the molecule is CCCCC/C=C\C/C=C\CCCCCCCC(=O)OC(CCCCCCCCC)(COC(=O)OCCCN(CC)CC)C(=O)OC(CCCCCCCC)CCCCCCCC. The third-order valence-corrected chi connectivity index (χ3v) is 12.4. The van der Waals surface area contributed by atoms with Gasteiger partial charge in [0, 0.05) is 19.4 Å². The highest BCUT2D eigenvalue weighted by atomic mass is 16.7. The molecule has 0 heterocycles. The van der Waals surface area contributed by atoms with Gasteiger partial charge in [0.05, 0.1) is 6.61 Å². The van der Waals surface area contributed by atoms with Gasteiger partial charge >= 0.3 is 18.1 Å². The van der Waals surface area contributed by atoms with Crippen LogP contribution in [0.3, 0.4) is 0 Å². The van der Waals surface area contributed by atoms with Crippen LogP contribution in [-0.2, 0) is 28.5 Å². The number of unbranched alkanes of at least 4 members (excludes halogenated alkanes) is 24. The van der Waals surface area contributed by atoms with E-state index in [4.69, 9.17) is 18.9 Å². The number of ether oxygens (including phenoxy) is 4. The molecule has 1 unspecified atom stereocenters. The summed E-state index contributed by atoms with van der Waals surface area (Å²) in [5.74, 6) is -1.00. The summed E-state index contributed by atoms with van der Waals surface area (Å²) in [6, 6.07) is 0. The van der Waals surface area contributed by atoms with Crippen molar-refractivity contribution in [3.63, 3.8) is 0 Å². The molecule has 0 bridgehead atoms. The van der Waals surface area contributed by atoms with Crippen molar-refractivity contribution in [2.75, 3.05) is 32.8 Å². The highest BCUT2D eigenvalue weighted by Gasteiger charge is 2.46. The van der Waals surface area contributed by atoms with Gasteiger partial charge in [0.1, 0.15) is 12.7 Å². The van der Waals surface area contributed by atoms with Crippen molar-refractivity contribution in [2.24, 2.45) is 0 Å². The largest absolute Gasteiger partial charge is 0.508 e. The Bertz CT molecular complexity index is 1070. The van der Waals surface area contributed by atoms with E-state index in [0.717, 1.165) is 116 Å². The maximum atomic E-state index is 14.6. The number of allylic oxidation sites excluding steroid dienone is 4. The third kappa shape index (κ3) is 37.6. The molecule has 0 saturated carbocycles. The summed E-state index contributed by atoms with van der Waals surface area (Å²) in [4.78, 5) is 43.7. The molecular formula is C55H103NO7. The van der Waals surface area contributed by atoms with Crippen LogP contribution < -0.4 is 0 Å². The molecule has 0 aliphatic rings. The molecule has 0 radical (unpaired) electrons. The molecule has 0 aliphatic carbocycles. The Labute approximate surface area is 390 Å². The zero-order valence-corrected chi connectivity index (χ0v) is 42.5. The number of carbonyl (C=O) groups excluding carboxylic acids is 3. The van der Waals surface area contributed by atoms with Crippen LogP contribution in [-0.4, -0.2) is 67.5 Å². The first kappa shape index (κ1) is 60.6. The highest BCUT2D eigenvalue weighted by molar-refractivity contribution is 5.84. The molecule has 8 nitrogen and oxygen atoms in total. The summed E-state index contributed by atoms with van der Waals surface area (Å²) in [7, 11) is 0. The lowest BCUT2D eigenvalue weighted by atomic mass is 9.95. The fraction of sp³-hybridized carbons (Fsp3) is 0.873. The molecule has 0 aromatic heterocycles. The van der Waals surface area contributed by atoms with Crippen LogP contribution in [0.1, 0.15) is 266 Å².